The summed E-state index contributed by atoms with van der Waals surface area (Å²) in [5.41, 5.74) is 1.93. The molecule has 27 heavy (non-hydrogen) atoms. The Morgan fingerprint density at radius 1 is 1.30 bits per heavy atom. The zero-order valence-corrected chi connectivity index (χ0v) is 15.2. The van der Waals surface area contributed by atoms with E-state index in [1.807, 2.05) is 59.3 Å². The summed E-state index contributed by atoms with van der Waals surface area (Å²) >= 11 is 0. The summed E-state index contributed by atoms with van der Waals surface area (Å²) in [6, 6.07) is 11.1. The van der Waals surface area contributed by atoms with Crippen molar-refractivity contribution in [2.24, 2.45) is 5.10 Å². The first-order valence-electron chi connectivity index (χ1n) is 8.85. The average Bonchev–Trinajstić information content (AvgIpc) is 3.28. The van der Waals surface area contributed by atoms with Crippen LogP contribution in [0.3, 0.4) is 0 Å². The van der Waals surface area contributed by atoms with Gasteiger partial charge in [-0.05, 0) is 26.0 Å². The minimum atomic E-state index is -0.579. The Labute approximate surface area is 156 Å². The number of hydrogen-bond acceptors (Lipinski definition) is 6. The van der Waals surface area contributed by atoms with Gasteiger partial charge in [0.15, 0.2) is 0 Å². The monoisotopic (exact) mass is 364 g/mol. The maximum atomic E-state index is 12.3. The van der Waals surface area contributed by atoms with Gasteiger partial charge in [0.05, 0.1) is 23.6 Å². The third-order valence-electron chi connectivity index (χ3n) is 4.64. The molecule has 1 aromatic carbocycles. The van der Waals surface area contributed by atoms with Gasteiger partial charge in [-0.3, -0.25) is 9.69 Å². The van der Waals surface area contributed by atoms with Crippen LogP contribution in [0.25, 0.3) is 0 Å². The predicted molar refractivity (Wildman–Crippen MR) is 102 cm³/mol. The fourth-order valence-electron chi connectivity index (χ4n) is 3.33. The summed E-state index contributed by atoms with van der Waals surface area (Å²) in [6.07, 6.45) is 4.27. The number of aryl methyl sites for hydroxylation is 2. The molecular weight excluding hydrogens is 344 g/mol. The third kappa shape index (κ3) is 3.12. The Kier molecular flexibility index (Phi) is 4.27. The van der Waals surface area contributed by atoms with E-state index in [1.165, 1.54) is 6.07 Å². The Morgan fingerprint density at radius 2 is 2.07 bits per heavy atom. The molecule has 0 bridgehead atoms. The predicted octanol–water partition coefficient (Wildman–Crippen LogP) is 3.23. The molecule has 3 heterocycles. The lowest BCUT2D eigenvalue weighted by molar-refractivity contribution is 0.432. The number of rotatable bonds is 4. The molecule has 0 saturated heterocycles. The van der Waals surface area contributed by atoms with Gasteiger partial charge in [0.1, 0.15) is 17.1 Å². The fourth-order valence-corrected chi connectivity index (χ4v) is 3.33. The van der Waals surface area contributed by atoms with E-state index in [2.05, 4.69) is 10.2 Å². The van der Waals surface area contributed by atoms with Crippen LogP contribution in [0.5, 0.6) is 5.75 Å². The van der Waals surface area contributed by atoms with Crippen molar-refractivity contribution in [2.45, 2.75) is 32.9 Å². The normalized spacial score (nSPS) is 16.6. The minimum Gasteiger partial charge on any atom is -0.507 e. The van der Waals surface area contributed by atoms with Gasteiger partial charge in [0, 0.05) is 30.8 Å². The highest BCUT2D eigenvalue weighted by molar-refractivity contribution is 6.04. The topological polar surface area (TPSA) is 83.9 Å². The molecule has 0 unspecified atom stereocenters. The van der Waals surface area contributed by atoms with Crippen LogP contribution in [0.15, 0.2) is 63.1 Å². The van der Waals surface area contributed by atoms with E-state index in [4.69, 9.17) is 4.42 Å². The molecule has 7 heteroatoms. The second-order valence-electron chi connectivity index (χ2n) is 6.48. The number of aromatic hydroxyl groups is 1. The molecule has 0 aliphatic carbocycles. The molecule has 1 aliphatic heterocycles. The van der Waals surface area contributed by atoms with Gasteiger partial charge in [0.2, 0.25) is 0 Å². The SMILES string of the molecule is CCn1cc([C@H]2CC(c3c(O)cc(C)oc3=O)=NN2c2ccccc2)cn1. The van der Waals surface area contributed by atoms with Crippen molar-refractivity contribution in [1.29, 1.82) is 0 Å². The van der Waals surface area contributed by atoms with Crippen molar-refractivity contribution in [3.8, 4) is 5.75 Å². The molecule has 7 nitrogen and oxygen atoms in total. The van der Waals surface area contributed by atoms with Crippen LogP contribution in [-0.4, -0.2) is 20.6 Å². The Morgan fingerprint density at radius 3 is 2.74 bits per heavy atom. The van der Waals surface area contributed by atoms with Gasteiger partial charge in [-0.1, -0.05) is 18.2 Å². The van der Waals surface area contributed by atoms with Crippen molar-refractivity contribution in [3.05, 3.63) is 76.1 Å². The third-order valence-corrected chi connectivity index (χ3v) is 4.64. The van der Waals surface area contributed by atoms with Gasteiger partial charge in [-0.2, -0.15) is 10.2 Å². The number of aromatic nitrogens is 2. The molecule has 0 saturated carbocycles. The second kappa shape index (κ2) is 6.75. The first kappa shape index (κ1) is 17.1. The summed E-state index contributed by atoms with van der Waals surface area (Å²) in [6.45, 7) is 4.42. The second-order valence-corrected chi connectivity index (χ2v) is 6.48. The quantitative estimate of drug-likeness (QED) is 0.768. The molecule has 1 N–H and O–H groups in total. The summed E-state index contributed by atoms with van der Waals surface area (Å²) in [5, 5.41) is 21.2. The number of benzene rings is 1. The molecule has 0 radical (unpaired) electrons. The summed E-state index contributed by atoms with van der Waals surface area (Å²) in [7, 11) is 0. The molecule has 4 rings (SSSR count). The van der Waals surface area contributed by atoms with Gasteiger partial charge in [-0.15, -0.1) is 0 Å². The van der Waals surface area contributed by atoms with E-state index in [0.717, 1.165) is 17.8 Å². The lowest BCUT2D eigenvalue weighted by Crippen LogP contribution is -2.18. The van der Waals surface area contributed by atoms with Gasteiger partial charge in [-0.25, -0.2) is 4.79 Å². The molecule has 0 fully saturated rings. The number of anilines is 1. The van der Waals surface area contributed by atoms with Crippen molar-refractivity contribution in [2.75, 3.05) is 5.01 Å². The van der Waals surface area contributed by atoms with Gasteiger partial charge >= 0.3 is 5.63 Å². The number of hydrazone groups is 1. The summed E-state index contributed by atoms with van der Waals surface area (Å²) in [4.78, 5) is 12.3. The zero-order valence-electron chi connectivity index (χ0n) is 15.2. The number of para-hydroxylation sites is 1. The smallest absolute Gasteiger partial charge is 0.348 e. The molecule has 138 valence electrons. The minimum absolute atomic E-state index is 0.111. The molecule has 0 amide bonds. The Hall–Kier alpha value is -3.35. The molecular formula is C20H20N4O3. The lowest BCUT2D eigenvalue weighted by Gasteiger charge is -2.22. The van der Waals surface area contributed by atoms with Crippen molar-refractivity contribution in [1.82, 2.24) is 9.78 Å². The van der Waals surface area contributed by atoms with Crippen LogP contribution in [0.1, 0.15) is 36.3 Å². The van der Waals surface area contributed by atoms with Crippen molar-refractivity contribution >= 4 is 11.4 Å². The summed E-state index contributed by atoms with van der Waals surface area (Å²) in [5.74, 6) is 0.251. The molecule has 2 aromatic heterocycles. The van der Waals surface area contributed by atoms with E-state index in [9.17, 15) is 9.90 Å². The first-order chi connectivity index (χ1) is 13.1. The van der Waals surface area contributed by atoms with E-state index < -0.39 is 5.63 Å². The van der Waals surface area contributed by atoms with Gasteiger partial charge in [0.25, 0.3) is 0 Å². The van der Waals surface area contributed by atoms with Crippen LogP contribution in [0.2, 0.25) is 0 Å². The van der Waals surface area contributed by atoms with E-state index >= 15 is 0 Å². The molecule has 3 aromatic rings. The highest BCUT2D eigenvalue weighted by Crippen LogP contribution is 2.37. The zero-order chi connectivity index (χ0) is 19.0. The highest BCUT2D eigenvalue weighted by atomic mass is 16.4. The van der Waals surface area contributed by atoms with Crippen molar-refractivity contribution in [3.63, 3.8) is 0 Å². The average molecular weight is 364 g/mol. The van der Waals surface area contributed by atoms with Crippen LogP contribution >= 0.6 is 0 Å². The summed E-state index contributed by atoms with van der Waals surface area (Å²) < 4.78 is 7.03. The van der Waals surface area contributed by atoms with Gasteiger partial charge < -0.3 is 9.52 Å². The lowest BCUT2D eigenvalue weighted by atomic mass is 10.0. The largest absolute Gasteiger partial charge is 0.507 e. The Balaban J connectivity index is 1.80. The molecule has 0 spiro atoms. The standard InChI is InChI=1S/C20H20N4O3/c1-3-23-12-14(11-21-23)17-10-16(19-18(25)9-13(2)27-20(19)26)22-24(17)15-7-5-4-6-8-15/h4-9,11-12,17,25H,3,10H2,1-2H3/t17-/m1/s1. The first-order valence-corrected chi connectivity index (χ1v) is 8.85. The van der Waals surface area contributed by atoms with E-state index in [1.54, 1.807) is 6.92 Å². The fraction of sp³-hybridized carbons (Fsp3) is 0.250. The van der Waals surface area contributed by atoms with E-state index in [-0.39, 0.29) is 17.4 Å². The molecule has 1 aliphatic rings. The maximum Gasteiger partial charge on any atom is 0.348 e. The van der Waals surface area contributed by atoms with Crippen LogP contribution in [-0.2, 0) is 6.54 Å². The number of nitrogens with zero attached hydrogens (tertiary/aromatic N) is 4. The highest BCUT2D eigenvalue weighted by Gasteiger charge is 2.33. The number of hydrogen-bond donors (Lipinski definition) is 1. The van der Waals surface area contributed by atoms with Crippen LogP contribution in [0, 0.1) is 6.92 Å². The van der Waals surface area contributed by atoms with Crippen LogP contribution in [0.4, 0.5) is 5.69 Å². The van der Waals surface area contributed by atoms with E-state index in [0.29, 0.717) is 17.9 Å². The van der Waals surface area contributed by atoms with Crippen LogP contribution < -0.4 is 10.6 Å². The van der Waals surface area contributed by atoms with Crippen molar-refractivity contribution < 1.29 is 9.52 Å². The Bertz CT molecular complexity index is 1050. The molecule has 1 atom stereocenters. The maximum absolute atomic E-state index is 12.3.